The molecule has 2 N–H and O–H groups in total. The summed E-state index contributed by atoms with van der Waals surface area (Å²) in [6, 6.07) is 13.8. The highest BCUT2D eigenvalue weighted by molar-refractivity contribution is 14.1. The molecule has 6 heteroatoms. The predicted molar refractivity (Wildman–Crippen MR) is 102 cm³/mol. The lowest BCUT2D eigenvalue weighted by atomic mass is 9.92. The average molecular weight is 485 g/mol. The summed E-state index contributed by atoms with van der Waals surface area (Å²) in [6.45, 7) is 0. The van der Waals surface area contributed by atoms with Gasteiger partial charge in [-0.2, -0.15) is 0 Å². The van der Waals surface area contributed by atoms with Crippen molar-refractivity contribution in [2.75, 3.05) is 0 Å². The van der Waals surface area contributed by atoms with Gasteiger partial charge in [0.05, 0.1) is 17.5 Å². The number of nitrogens with one attached hydrogen (secondary N) is 1. The normalized spacial score (nSPS) is 12.4. The highest BCUT2D eigenvalue weighted by Crippen LogP contribution is 2.30. The van der Waals surface area contributed by atoms with E-state index < -0.39 is 5.97 Å². The van der Waals surface area contributed by atoms with Gasteiger partial charge in [0.15, 0.2) is 0 Å². The number of nitrogens with zero attached hydrogens (tertiary/aromatic N) is 1. The van der Waals surface area contributed by atoms with Crippen LogP contribution in [0.25, 0.3) is 11.0 Å². The second kappa shape index (κ2) is 7.00. The van der Waals surface area contributed by atoms with E-state index in [1.54, 1.807) is 0 Å². The summed E-state index contributed by atoms with van der Waals surface area (Å²) < 4.78 is 2.06. The molecule has 2 aromatic carbocycles. The van der Waals surface area contributed by atoms with Crippen molar-refractivity contribution < 1.29 is 9.90 Å². The Morgan fingerprint density at radius 1 is 1.30 bits per heavy atom. The molecule has 1 unspecified atom stereocenters. The summed E-state index contributed by atoms with van der Waals surface area (Å²) in [5.74, 6) is -0.136. The van der Waals surface area contributed by atoms with Crippen molar-refractivity contribution in [1.82, 2.24) is 9.97 Å². The van der Waals surface area contributed by atoms with Crippen molar-refractivity contribution in [2.24, 2.45) is 0 Å². The van der Waals surface area contributed by atoms with Crippen LogP contribution in [0.15, 0.2) is 46.9 Å². The lowest BCUT2D eigenvalue weighted by Gasteiger charge is -2.15. The van der Waals surface area contributed by atoms with Gasteiger partial charge in [0.2, 0.25) is 0 Å². The summed E-state index contributed by atoms with van der Waals surface area (Å²) in [4.78, 5) is 19.1. The lowest BCUT2D eigenvalue weighted by molar-refractivity contribution is -0.137. The van der Waals surface area contributed by atoms with Crippen molar-refractivity contribution >= 4 is 55.5 Å². The van der Waals surface area contributed by atoms with Crippen LogP contribution < -0.4 is 0 Å². The molecule has 0 bridgehead atoms. The van der Waals surface area contributed by atoms with Gasteiger partial charge in [-0.3, -0.25) is 4.79 Å². The van der Waals surface area contributed by atoms with Gasteiger partial charge in [0.25, 0.3) is 0 Å². The van der Waals surface area contributed by atoms with E-state index in [2.05, 4.69) is 48.5 Å². The molecule has 3 aromatic rings. The molecule has 23 heavy (non-hydrogen) atoms. The van der Waals surface area contributed by atoms with Gasteiger partial charge in [0, 0.05) is 20.4 Å². The van der Waals surface area contributed by atoms with Crippen LogP contribution in [0.4, 0.5) is 0 Å². The molecule has 0 aliphatic heterocycles. The van der Waals surface area contributed by atoms with Gasteiger partial charge >= 0.3 is 5.97 Å². The van der Waals surface area contributed by atoms with Crippen LogP contribution in [0.2, 0.25) is 0 Å². The molecule has 0 saturated carbocycles. The fourth-order valence-electron chi connectivity index (χ4n) is 2.67. The third-order valence-corrected chi connectivity index (χ3v) is 5.09. The van der Waals surface area contributed by atoms with Crippen molar-refractivity contribution in [1.29, 1.82) is 0 Å². The first-order valence-corrected chi connectivity index (χ1v) is 9.00. The highest BCUT2D eigenvalue weighted by atomic mass is 127. The van der Waals surface area contributed by atoms with Crippen molar-refractivity contribution in [3.05, 3.63) is 61.9 Å². The Hall–Kier alpha value is -1.41. The Balaban J connectivity index is 1.93. The maximum Gasteiger partial charge on any atom is 0.303 e. The van der Waals surface area contributed by atoms with E-state index in [4.69, 9.17) is 0 Å². The predicted octanol–water partition coefficient (Wildman–Crippen LogP) is 4.73. The van der Waals surface area contributed by atoms with Crippen LogP contribution in [-0.2, 0) is 11.2 Å². The first-order valence-electron chi connectivity index (χ1n) is 7.13. The molecular weight excluding hydrogens is 471 g/mol. The Morgan fingerprint density at radius 2 is 2.09 bits per heavy atom. The molecule has 0 aliphatic rings. The number of hydrogen-bond acceptors (Lipinski definition) is 2. The molecule has 1 aromatic heterocycles. The Kier molecular flexibility index (Phi) is 5.01. The number of H-pyrrole nitrogens is 1. The van der Waals surface area contributed by atoms with Crippen LogP contribution in [0.3, 0.4) is 0 Å². The zero-order valence-corrected chi connectivity index (χ0v) is 15.8. The summed E-state index contributed by atoms with van der Waals surface area (Å²) in [6.07, 6.45) is 0.622. The number of carbonyl (C=O) groups is 1. The number of imidazole rings is 1. The molecule has 0 spiro atoms. The molecular formula is C17H14BrIN2O2. The first-order chi connectivity index (χ1) is 11.0. The third kappa shape index (κ3) is 3.92. The minimum atomic E-state index is -0.809. The Morgan fingerprint density at radius 3 is 2.83 bits per heavy atom. The maximum atomic E-state index is 11.3. The number of carboxylic acid groups (broad SMARTS) is 1. The van der Waals surface area contributed by atoms with Gasteiger partial charge in [0.1, 0.15) is 5.82 Å². The molecule has 118 valence electrons. The van der Waals surface area contributed by atoms with Gasteiger partial charge in [-0.05, 0) is 52.4 Å². The minimum absolute atomic E-state index is 0.0667. The van der Waals surface area contributed by atoms with Gasteiger partial charge in [-0.15, -0.1) is 0 Å². The lowest BCUT2D eigenvalue weighted by Crippen LogP contribution is -2.10. The number of rotatable bonds is 5. The third-order valence-electron chi connectivity index (χ3n) is 3.70. The van der Waals surface area contributed by atoms with Crippen LogP contribution >= 0.6 is 38.5 Å². The zero-order valence-electron chi connectivity index (χ0n) is 12.1. The fraction of sp³-hybridized carbons (Fsp3) is 0.176. The SMILES string of the molecule is O=C(O)CC(Cc1nc2ccc(I)cc2[nH]1)c1ccccc1Br. The van der Waals surface area contributed by atoms with Crippen LogP contribution in [0.5, 0.6) is 0 Å². The second-order valence-corrected chi connectivity index (χ2v) is 7.47. The van der Waals surface area contributed by atoms with Gasteiger partial charge in [-0.25, -0.2) is 4.98 Å². The number of benzene rings is 2. The summed E-state index contributed by atoms with van der Waals surface area (Å²) in [5, 5.41) is 9.24. The van der Waals surface area contributed by atoms with E-state index in [1.165, 1.54) is 0 Å². The first kappa shape index (κ1) is 16.4. The van der Waals surface area contributed by atoms with Gasteiger partial charge in [-0.1, -0.05) is 34.1 Å². The van der Waals surface area contributed by atoms with E-state index >= 15 is 0 Å². The summed E-state index contributed by atoms with van der Waals surface area (Å²) >= 11 is 5.78. The average Bonchev–Trinajstić information content (AvgIpc) is 2.88. The maximum absolute atomic E-state index is 11.3. The zero-order chi connectivity index (χ0) is 16.4. The topological polar surface area (TPSA) is 66.0 Å². The minimum Gasteiger partial charge on any atom is -0.481 e. The van der Waals surface area contributed by atoms with Crippen molar-refractivity contribution in [3.63, 3.8) is 0 Å². The fourth-order valence-corrected chi connectivity index (χ4v) is 3.77. The molecule has 1 atom stereocenters. The number of fused-ring (bicyclic) bond motifs is 1. The van der Waals surface area contributed by atoms with Crippen LogP contribution in [0.1, 0.15) is 23.7 Å². The van der Waals surface area contributed by atoms with E-state index in [0.29, 0.717) is 6.42 Å². The number of aliphatic carboxylic acids is 1. The van der Waals surface area contributed by atoms with Crippen LogP contribution in [0, 0.1) is 3.57 Å². The van der Waals surface area contributed by atoms with Crippen molar-refractivity contribution in [3.8, 4) is 0 Å². The largest absolute Gasteiger partial charge is 0.481 e. The number of carboxylic acids is 1. The molecule has 0 saturated heterocycles. The highest BCUT2D eigenvalue weighted by Gasteiger charge is 2.20. The smallest absolute Gasteiger partial charge is 0.303 e. The van der Waals surface area contributed by atoms with Gasteiger partial charge < -0.3 is 10.1 Å². The molecule has 4 nitrogen and oxygen atoms in total. The number of hydrogen-bond donors (Lipinski definition) is 2. The molecule has 1 heterocycles. The van der Waals surface area contributed by atoms with Crippen molar-refractivity contribution in [2.45, 2.75) is 18.8 Å². The molecule has 0 radical (unpaired) electrons. The van der Waals surface area contributed by atoms with E-state index in [9.17, 15) is 9.90 Å². The van der Waals surface area contributed by atoms with E-state index in [1.807, 2.05) is 42.5 Å². The molecule has 0 fully saturated rings. The monoisotopic (exact) mass is 484 g/mol. The number of aromatic nitrogens is 2. The summed E-state index contributed by atoms with van der Waals surface area (Å²) in [7, 11) is 0. The number of halogens is 2. The molecule has 0 aliphatic carbocycles. The Labute approximate surface area is 155 Å². The van der Waals surface area contributed by atoms with E-state index in [-0.39, 0.29) is 12.3 Å². The van der Waals surface area contributed by atoms with E-state index in [0.717, 1.165) is 30.5 Å². The second-order valence-electron chi connectivity index (χ2n) is 5.37. The molecule has 3 rings (SSSR count). The molecule has 0 amide bonds. The quantitative estimate of drug-likeness (QED) is 0.514. The number of aromatic amines is 1. The summed E-state index contributed by atoms with van der Waals surface area (Å²) in [5.41, 5.74) is 2.87. The Bertz CT molecular complexity index is 863. The van der Waals surface area contributed by atoms with Crippen LogP contribution in [-0.4, -0.2) is 21.0 Å². The standard InChI is InChI=1S/C17H14BrIN2O2/c18-13-4-2-1-3-12(13)10(8-17(22)23)7-16-20-14-6-5-11(19)9-15(14)21-16/h1-6,9-10H,7-8H2,(H,20,21)(H,22,23).